The van der Waals surface area contributed by atoms with E-state index >= 15 is 0 Å². The molecular formula is C44H56FN9O4. The van der Waals surface area contributed by atoms with Gasteiger partial charge in [-0.1, -0.05) is 19.1 Å². The molecule has 4 fully saturated rings. The fraction of sp³-hybridized carbons (Fsp3) is 0.568. The Morgan fingerprint density at radius 1 is 0.966 bits per heavy atom. The van der Waals surface area contributed by atoms with E-state index < -0.39 is 17.6 Å². The molecule has 13 nitrogen and oxygen atoms in total. The molecule has 1 unspecified atom stereocenters. The van der Waals surface area contributed by atoms with Crippen molar-refractivity contribution >= 4 is 34.9 Å². The van der Waals surface area contributed by atoms with Crippen LogP contribution in [0, 0.1) is 11.7 Å². The monoisotopic (exact) mass is 793 g/mol. The molecule has 308 valence electrons. The van der Waals surface area contributed by atoms with Gasteiger partial charge in [0, 0.05) is 86.7 Å². The highest BCUT2D eigenvalue weighted by Gasteiger charge is 2.50. The summed E-state index contributed by atoms with van der Waals surface area (Å²) in [5, 5.41) is 25.3. The summed E-state index contributed by atoms with van der Waals surface area (Å²) in [6, 6.07) is 12.8. The van der Waals surface area contributed by atoms with Crippen molar-refractivity contribution in [2.75, 3.05) is 61.4 Å². The van der Waals surface area contributed by atoms with Gasteiger partial charge < -0.3 is 25.1 Å². The Bertz CT molecular complexity index is 2120. The second-order valence-corrected chi connectivity index (χ2v) is 18.2. The number of carbonyl (C=O) groups is 3. The normalized spacial score (nSPS) is 27.4. The summed E-state index contributed by atoms with van der Waals surface area (Å²) in [4.78, 5) is 49.5. The molecule has 0 radical (unpaired) electrons. The van der Waals surface area contributed by atoms with Gasteiger partial charge >= 0.3 is 0 Å². The Labute approximate surface area is 339 Å². The summed E-state index contributed by atoms with van der Waals surface area (Å²) in [5.41, 5.74) is 4.41. The number of benzene rings is 2. The van der Waals surface area contributed by atoms with Crippen molar-refractivity contribution in [3.05, 3.63) is 59.4 Å². The lowest BCUT2D eigenvalue weighted by molar-refractivity contribution is -0.136. The lowest BCUT2D eigenvalue weighted by atomic mass is 9.83. The molecule has 9 rings (SSSR count). The molecule has 7 heterocycles. The van der Waals surface area contributed by atoms with Crippen LogP contribution in [0.1, 0.15) is 88.1 Å². The summed E-state index contributed by atoms with van der Waals surface area (Å²) in [6.07, 6.45) is 7.05. The molecule has 0 saturated carbocycles. The third-order valence-electron chi connectivity index (χ3n) is 14.6. The number of phenolic OH excluding ortho intramolecular Hbond substituents is 1. The van der Waals surface area contributed by atoms with Crippen molar-refractivity contribution < 1.29 is 23.9 Å². The number of likely N-dealkylation sites (tertiary alicyclic amines) is 1. The molecule has 6 aliphatic rings. The predicted molar refractivity (Wildman–Crippen MR) is 220 cm³/mol. The standard InChI is InChI=1S/C44H56FN9O4/c1-5-44-22-31(25-54(44)37-20-35(48-49-40(37)46-26-44)32-7-6-8-34(45)39(32)56)50(4)30-15-18-52(43(2,3)21-30)23-27-13-16-51(17-14-27)29-10-9-28-24-53(42(58)33(28)19-29)36-11-12-38(55)47-41(36)57/h6-10,19-20,27,30-31,36,56H,5,11-18,21-26H2,1-4H3,(H,46,49)(H,47,55,57)/t30?,31-,36+,44-/m1/s1. The first-order valence-electron chi connectivity index (χ1n) is 21.2. The molecular weight excluding hydrogens is 738 g/mol. The number of aromatic nitrogens is 2. The zero-order chi connectivity index (χ0) is 40.5. The van der Waals surface area contributed by atoms with Crippen LogP contribution in [-0.4, -0.2) is 123 Å². The highest BCUT2D eigenvalue weighted by atomic mass is 19.1. The van der Waals surface area contributed by atoms with Gasteiger partial charge in [0.2, 0.25) is 11.8 Å². The number of aromatic hydroxyl groups is 1. The number of rotatable bonds is 8. The Balaban J connectivity index is 0.804. The highest BCUT2D eigenvalue weighted by Crippen LogP contribution is 2.46. The quantitative estimate of drug-likeness (QED) is 0.266. The summed E-state index contributed by atoms with van der Waals surface area (Å²) < 4.78 is 14.3. The first-order chi connectivity index (χ1) is 27.8. The highest BCUT2D eigenvalue weighted by molar-refractivity contribution is 6.05. The number of nitrogens with one attached hydrogen (secondary N) is 2. The average Bonchev–Trinajstić information content (AvgIpc) is 3.77. The Morgan fingerprint density at radius 2 is 1.78 bits per heavy atom. The van der Waals surface area contributed by atoms with Crippen LogP contribution in [-0.2, 0) is 16.1 Å². The van der Waals surface area contributed by atoms with E-state index in [2.05, 4.69) is 74.3 Å². The van der Waals surface area contributed by atoms with Crippen LogP contribution in [0.25, 0.3) is 11.3 Å². The van der Waals surface area contributed by atoms with Gasteiger partial charge in [-0.3, -0.25) is 29.5 Å². The van der Waals surface area contributed by atoms with E-state index in [0.717, 1.165) is 101 Å². The number of fused-ring (bicyclic) bond motifs is 4. The maximum atomic E-state index is 14.3. The third kappa shape index (κ3) is 6.75. The van der Waals surface area contributed by atoms with Gasteiger partial charge in [-0.05, 0) is 108 Å². The minimum atomic E-state index is -0.672. The van der Waals surface area contributed by atoms with E-state index in [1.165, 1.54) is 6.07 Å². The van der Waals surface area contributed by atoms with E-state index in [4.69, 9.17) is 0 Å². The Kier molecular flexibility index (Phi) is 9.85. The van der Waals surface area contributed by atoms with Gasteiger partial charge in [0.05, 0.1) is 16.9 Å². The number of piperidine rings is 3. The largest absolute Gasteiger partial charge is 0.504 e. The number of para-hydroxylation sites is 1. The first-order valence-corrected chi connectivity index (χ1v) is 21.2. The van der Waals surface area contributed by atoms with Gasteiger partial charge in [-0.15, -0.1) is 10.2 Å². The molecule has 14 heteroatoms. The van der Waals surface area contributed by atoms with Crippen molar-refractivity contribution in [1.82, 2.24) is 30.2 Å². The summed E-state index contributed by atoms with van der Waals surface area (Å²) >= 11 is 0. The van der Waals surface area contributed by atoms with Crippen LogP contribution >= 0.6 is 0 Å². The topological polar surface area (TPSA) is 137 Å². The van der Waals surface area contributed by atoms with Crippen molar-refractivity contribution in [2.45, 2.75) is 108 Å². The number of imide groups is 1. The van der Waals surface area contributed by atoms with E-state index in [9.17, 15) is 23.9 Å². The number of hydrogen-bond acceptors (Lipinski definition) is 11. The minimum Gasteiger partial charge on any atom is -0.504 e. The summed E-state index contributed by atoms with van der Waals surface area (Å²) in [6.45, 7) is 13.2. The smallest absolute Gasteiger partial charge is 0.255 e. The van der Waals surface area contributed by atoms with Crippen LogP contribution in [0.2, 0.25) is 0 Å². The number of carbonyl (C=O) groups excluding carboxylic acids is 3. The maximum Gasteiger partial charge on any atom is 0.255 e. The van der Waals surface area contributed by atoms with Gasteiger partial charge in [-0.25, -0.2) is 4.39 Å². The van der Waals surface area contributed by atoms with Crippen LogP contribution in [0.5, 0.6) is 5.75 Å². The van der Waals surface area contributed by atoms with E-state index in [1.807, 2.05) is 18.2 Å². The zero-order valence-corrected chi connectivity index (χ0v) is 34.1. The summed E-state index contributed by atoms with van der Waals surface area (Å²) in [5.74, 6) is -0.518. The fourth-order valence-electron chi connectivity index (χ4n) is 10.9. The molecule has 3 N–H and O–H groups in total. The van der Waals surface area contributed by atoms with E-state index in [-0.39, 0.29) is 35.2 Å². The van der Waals surface area contributed by atoms with Gasteiger partial charge in [0.15, 0.2) is 17.4 Å². The molecule has 4 atom stereocenters. The molecule has 2 aromatic carbocycles. The lowest BCUT2D eigenvalue weighted by Crippen LogP contribution is -2.57. The molecule has 0 aliphatic carbocycles. The second-order valence-electron chi connectivity index (χ2n) is 18.2. The van der Waals surface area contributed by atoms with Crippen LogP contribution in [0.4, 0.5) is 21.6 Å². The van der Waals surface area contributed by atoms with Crippen LogP contribution in [0.15, 0.2) is 42.5 Å². The molecule has 58 heavy (non-hydrogen) atoms. The molecule has 3 amide bonds. The maximum absolute atomic E-state index is 14.3. The first kappa shape index (κ1) is 38.7. The number of amides is 3. The van der Waals surface area contributed by atoms with E-state index in [0.29, 0.717) is 47.8 Å². The van der Waals surface area contributed by atoms with Crippen molar-refractivity contribution in [3.8, 4) is 17.0 Å². The van der Waals surface area contributed by atoms with Crippen LogP contribution in [0.3, 0.4) is 0 Å². The second kappa shape index (κ2) is 14.8. The third-order valence-corrected chi connectivity index (χ3v) is 14.6. The molecule has 0 spiro atoms. The van der Waals surface area contributed by atoms with Crippen molar-refractivity contribution in [3.63, 3.8) is 0 Å². The number of phenols is 1. The number of likely N-dealkylation sites (N-methyl/N-ethyl adjacent to an activating group) is 1. The number of anilines is 3. The SMILES string of the molecule is CC[C@@]12CNc3nnc(-c4cccc(F)c4O)cc3N1C[C@H](N(C)C1CCN(CC3CCN(c4ccc5c(c4)C(=O)N([C@H]4CCC(=O)NC4=O)C5)CC3)C(C)(C)C1)C2. The minimum absolute atomic E-state index is 0.0583. The van der Waals surface area contributed by atoms with Crippen LogP contribution < -0.4 is 20.4 Å². The molecule has 1 aromatic heterocycles. The summed E-state index contributed by atoms with van der Waals surface area (Å²) in [7, 11) is 2.31. The number of hydrogen-bond donors (Lipinski definition) is 3. The fourth-order valence-corrected chi connectivity index (χ4v) is 10.9. The number of halogens is 1. The van der Waals surface area contributed by atoms with Crippen molar-refractivity contribution in [1.29, 1.82) is 0 Å². The molecule has 3 aromatic rings. The zero-order valence-electron chi connectivity index (χ0n) is 34.1. The Morgan fingerprint density at radius 3 is 2.53 bits per heavy atom. The molecule has 6 aliphatic heterocycles. The molecule has 4 saturated heterocycles. The lowest BCUT2D eigenvalue weighted by Gasteiger charge is -2.50. The van der Waals surface area contributed by atoms with Gasteiger partial charge in [-0.2, -0.15) is 0 Å². The van der Waals surface area contributed by atoms with E-state index in [1.54, 1.807) is 17.0 Å². The van der Waals surface area contributed by atoms with Gasteiger partial charge in [0.25, 0.3) is 5.91 Å². The number of nitrogens with zero attached hydrogens (tertiary/aromatic N) is 7. The van der Waals surface area contributed by atoms with Gasteiger partial charge in [0.1, 0.15) is 6.04 Å². The Hall–Kier alpha value is -4.82. The predicted octanol–water partition coefficient (Wildman–Crippen LogP) is 4.99. The van der Waals surface area contributed by atoms with Crippen molar-refractivity contribution in [2.24, 2.45) is 5.92 Å². The molecule has 0 bridgehead atoms. The average molecular weight is 794 g/mol.